The average Bonchev–Trinajstić information content (AvgIpc) is 2.84. The SMILES string of the molecule is Cc1cccc(OCCN(C)C(=O)C2CCCC2N)c1. The van der Waals surface area contributed by atoms with Gasteiger partial charge in [-0.25, -0.2) is 0 Å². The number of rotatable bonds is 5. The van der Waals surface area contributed by atoms with Gasteiger partial charge >= 0.3 is 0 Å². The predicted octanol–water partition coefficient (Wildman–Crippen LogP) is 1.96. The van der Waals surface area contributed by atoms with Crippen molar-refractivity contribution in [1.29, 1.82) is 0 Å². The fraction of sp³-hybridized carbons (Fsp3) is 0.562. The van der Waals surface area contributed by atoms with Gasteiger partial charge in [0.25, 0.3) is 0 Å². The first kappa shape index (κ1) is 14.9. The lowest BCUT2D eigenvalue weighted by atomic mass is 10.0. The molecule has 0 aromatic heterocycles. The third-order valence-corrected chi connectivity index (χ3v) is 3.95. The second kappa shape index (κ2) is 6.75. The normalized spacial score (nSPS) is 21.8. The number of hydrogen-bond donors (Lipinski definition) is 1. The third kappa shape index (κ3) is 3.73. The average molecular weight is 276 g/mol. The number of nitrogens with zero attached hydrogens (tertiary/aromatic N) is 1. The Morgan fingerprint density at radius 1 is 1.45 bits per heavy atom. The fourth-order valence-corrected chi connectivity index (χ4v) is 2.69. The number of amides is 1. The zero-order valence-electron chi connectivity index (χ0n) is 12.3. The van der Waals surface area contributed by atoms with E-state index in [1.54, 1.807) is 4.90 Å². The molecule has 20 heavy (non-hydrogen) atoms. The zero-order valence-corrected chi connectivity index (χ0v) is 12.3. The van der Waals surface area contributed by atoms with Crippen LogP contribution < -0.4 is 10.5 Å². The molecule has 0 saturated heterocycles. The second-order valence-corrected chi connectivity index (χ2v) is 5.63. The largest absolute Gasteiger partial charge is 0.492 e. The van der Waals surface area contributed by atoms with Crippen molar-refractivity contribution in [1.82, 2.24) is 4.90 Å². The minimum Gasteiger partial charge on any atom is -0.492 e. The Bertz CT molecular complexity index is 462. The Balaban J connectivity index is 1.77. The highest BCUT2D eigenvalue weighted by Crippen LogP contribution is 2.25. The Morgan fingerprint density at radius 2 is 2.25 bits per heavy atom. The van der Waals surface area contributed by atoms with Gasteiger partial charge in [-0.3, -0.25) is 4.79 Å². The van der Waals surface area contributed by atoms with Crippen LogP contribution in [0, 0.1) is 12.8 Å². The molecule has 4 nitrogen and oxygen atoms in total. The van der Waals surface area contributed by atoms with Gasteiger partial charge in [0.15, 0.2) is 0 Å². The van der Waals surface area contributed by atoms with Crippen molar-refractivity contribution in [3.05, 3.63) is 29.8 Å². The maximum absolute atomic E-state index is 12.2. The number of nitrogens with two attached hydrogens (primary N) is 1. The molecule has 2 N–H and O–H groups in total. The summed E-state index contributed by atoms with van der Waals surface area (Å²) in [5.41, 5.74) is 7.15. The highest BCUT2D eigenvalue weighted by Gasteiger charge is 2.31. The predicted molar refractivity (Wildman–Crippen MR) is 79.6 cm³/mol. The monoisotopic (exact) mass is 276 g/mol. The Kier molecular flexibility index (Phi) is 5.01. The molecule has 1 aromatic carbocycles. The molecule has 0 heterocycles. The molecule has 1 aromatic rings. The van der Waals surface area contributed by atoms with E-state index in [4.69, 9.17) is 10.5 Å². The van der Waals surface area contributed by atoms with Crippen molar-refractivity contribution in [2.24, 2.45) is 11.7 Å². The van der Waals surface area contributed by atoms with Gasteiger partial charge in [-0.2, -0.15) is 0 Å². The summed E-state index contributed by atoms with van der Waals surface area (Å²) >= 11 is 0. The standard InChI is InChI=1S/C16H24N2O2/c1-12-5-3-6-13(11-12)20-10-9-18(2)16(19)14-7-4-8-15(14)17/h3,5-6,11,14-15H,4,7-10,17H2,1-2H3. The lowest BCUT2D eigenvalue weighted by Gasteiger charge is -2.23. The van der Waals surface area contributed by atoms with Crippen LogP contribution in [0.1, 0.15) is 24.8 Å². The first-order chi connectivity index (χ1) is 9.58. The van der Waals surface area contributed by atoms with E-state index < -0.39 is 0 Å². The zero-order chi connectivity index (χ0) is 14.5. The van der Waals surface area contributed by atoms with Crippen molar-refractivity contribution < 1.29 is 9.53 Å². The number of carbonyl (C=O) groups is 1. The van der Waals surface area contributed by atoms with Crippen LogP contribution in [0.4, 0.5) is 0 Å². The van der Waals surface area contributed by atoms with Crippen molar-refractivity contribution >= 4 is 5.91 Å². The molecule has 1 saturated carbocycles. The minimum absolute atomic E-state index is 0.000954. The summed E-state index contributed by atoms with van der Waals surface area (Å²) in [6.45, 7) is 3.13. The number of benzene rings is 1. The molecule has 110 valence electrons. The van der Waals surface area contributed by atoms with E-state index in [1.807, 2.05) is 38.2 Å². The van der Waals surface area contributed by atoms with Gasteiger partial charge in [0, 0.05) is 13.1 Å². The minimum atomic E-state index is -0.000954. The molecule has 0 radical (unpaired) electrons. The van der Waals surface area contributed by atoms with Gasteiger partial charge in [-0.15, -0.1) is 0 Å². The Morgan fingerprint density at radius 3 is 2.90 bits per heavy atom. The molecule has 4 heteroatoms. The Labute approximate surface area is 120 Å². The molecular formula is C16H24N2O2. The molecule has 1 aliphatic rings. The van der Waals surface area contributed by atoms with Crippen LogP contribution in [-0.2, 0) is 4.79 Å². The van der Waals surface area contributed by atoms with Crippen molar-refractivity contribution in [2.75, 3.05) is 20.2 Å². The van der Waals surface area contributed by atoms with Crippen molar-refractivity contribution in [3.63, 3.8) is 0 Å². The first-order valence-electron chi connectivity index (χ1n) is 7.28. The van der Waals surface area contributed by atoms with Gasteiger partial charge < -0.3 is 15.4 Å². The summed E-state index contributed by atoms with van der Waals surface area (Å²) < 4.78 is 5.67. The first-order valence-corrected chi connectivity index (χ1v) is 7.28. The van der Waals surface area contributed by atoms with Crippen LogP contribution >= 0.6 is 0 Å². The summed E-state index contributed by atoms with van der Waals surface area (Å²) in [6.07, 6.45) is 2.94. The maximum Gasteiger partial charge on any atom is 0.227 e. The molecule has 1 aliphatic carbocycles. The lowest BCUT2D eigenvalue weighted by molar-refractivity contribution is -0.134. The molecular weight excluding hydrogens is 252 g/mol. The highest BCUT2D eigenvalue weighted by atomic mass is 16.5. The number of likely N-dealkylation sites (N-methyl/N-ethyl adjacent to an activating group) is 1. The number of aryl methyl sites for hydroxylation is 1. The number of carbonyl (C=O) groups excluding carboxylic acids is 1. The summed E-state index contributed by atoms with van der Waals surface area (Å²) in [5.74, 6) is 1.00. The van der Waals surface area contributed by atoms with E-state index >= 15 is 0 Å². The summed E-state index contributed by atoms with van der Waals surface area (Å²) in [4.78, 5) is 14.0. The van der Waals surface area contributed by atoms with Gasteiger partial charge in [0.2, 0.25) is 5.91 Å². The second-order valence-electron chi connectivity index (χ2n) is 5.63. The summed E-state index contributed by atoms with van der Waals surface area (Å²) in [7, 11) is 1.83. The van der Waals surface area contributed by atoms with E-state index in [-0.39, 0.29) is 17.9 Å². The van der Waals surface area contributed by atoms with Crippen LogP contribution in [0.25, 0.3) is 0 Å². The van der Waals surface area contributed by atoms with Crippen LogP contribution in [0.2, 0.25) is 0 Å². The smallest absolute Gasteiger partial charge is 0.227 e. The van der Waals surface area contributed by atoms with E-state index in [2.05, 4.69) is 0 Å². The van der Waals surface area contributed by atoms with E-state index in [0.29, 0.717) is 13.2 Å². The fourth-order valence-electron chi connectivity index (χ4n) is 2.69. The van der Waals surface area contributed by atoms with Gasteiger partial charge in [-0.05, 0) is 37.5 Å². The molecule has 0 spiro atoms. The molecule has 0 aliphatic heterocycles. The van der Waals surface area contributed by atoms with Crippen LogP contribution in [0.5, 0.6) is 5.75 Å². The molecule has 2 rings (SSSR count). The molecule has 2 unspecified atom stereocenters. The summed E-state index contributed by atoms with van der Waals surface area (Å²) in [5, 5.41) is 0. The molecule has 1 fully saturated rings. The highest BCUT2D eigenvalue weighted by molar-refractivity contribution is 5.79. The third-order valence-electron chi connectivity index (χ3n) is 3.95. The quantitative estimate of drug-likeness (QED) is 0.894. The van der Waals surface area contributed by atoms with Crippen LogP contribution in [-0.4, -0.2) is 37.0 Å². The molecule has 0 bridgehead atoms. The van der Waals surface area contributed by atoms with Gasteiger partial charge in [-0.1, -0.05) is 18.6 Å². The van der Waals surface area contributed by atoms with E-state index in [0.717, 1.165) is 25.0 Å². The maximum atomic E-state index is 12.2. The number of ether oxygens (including phenoxy) is 1. The summed E-state index contributed by atoms with van der Waals surface area (Å²) in [6, 6.07) is 7.96. The van der Waals surface area contributed by atoms with Gasteiger partial charge in [0.05, 0.1) is 12.5 Å². The van der Waals surface area contributed by atoms with Crippen molar-refractivity contribution in [3.8, 4) is 5.75 Å². The molecule has 1 amide bonds. The Hall–Kier alpha value is -1.55. The number of hydrogen-bond acceptors (Lipinski definition) is 3. The van der Waals surface area contributed by atoms with E-state index in [1.165, 1.54) is 5.56 Å². The topological polar surface area (TPSA) is 55.6 Å². The molecule has 2 atom stereocenters. The van der Waals surface area contributed by atoms with Gasteiger partial charge in [0.1, 0.15) is 12.4 Å². The van der Waals surface area contributed by atoms with Crippen LogP contribution in [0.3, 0.4) is 0 Å². The van der Waals surface area contributed by atoms with Crippen molar-refractivity contribution in [2.45, 2.75) is 32.2 Å². The lowest BCUT2D eigenvalue weighted by Crippen LogP contribution is -2.41. The van der Waals surface area contributed by atoms with Crippen LogP contribution in [0.15, 0.2) is 24.3 Å². The van der Waals surface area contributed by atoms with E-state index in [9.17, 15) is 4.79 Å².